The fourth-order valence-electron chi connectivity index (χ4n) is 1.81. The van der Waals surface area contributed by atoms with Crippen molar-refractivity contribution in [3.05, 3.63) is 58.6 Å². The zero-order chi connectivity index (χ0) is 13.7. The molecule has 0 aliphatic rings. The molecule has 0 saturated heterocycles. The second kappa shape index (κ2) is 6.17. The van der Waals surface area contributed by atoms with Gasteiger partial charge >= 0.3 is 0 Å². The first-order valence-electron chi connectivity index (χ1n) is 5.86. The van der Waals surface area contributed by atoms with Gasteiger partial charge in [-0.25, -0.2) is 0 Å². The molecule has 0 unspecified atom stereocenters. The molecular formula is C16H14ClNO. The lowest BCUT2D eigenvalue weighted by atomic mass is 10.1. The Kier molecular flexibility index (Phi) is 4.33. The van der Waals surface area contributed by atoms with Crippen LogP contribution in [0.15, 0.2) is 42.5 Å². The molecule has 0 aliphatic carbocycles. The van der Waals surface area contributed by atoms with Gasteiger partial charge in [0.15, 0.2) is 0 Å². The minimum Gasteiger partial charge on any atom is -0.496 e. The summed E-state index contributed by atoms with van der Waals surface area (Å²) >= 11 is 6.18. The normalized spacial score (nSPS) is 9.74. The zero-order valence-electron chi connectivity index (χ0n) is 10.6. The Morgan fingerprint density at radius 3 is 2.79 bits per heavy atom. The van der Waals surface area contributed by atoms with Crippen molar-refractivity contribution < 1.29 is 4.74 Å². The van der Waals surface area contributed by atoms with Gasteiger partial charge in [0.25, 0.3) is 0 Å². The molecule has 0 saturated carbocycles. The Morgan fingerprint density at radius 1 is 1.26 bits per heavy atom. The molecule has 0 aromatic heterocycles. The molecule has 0 amide bonds. The quantitative estimate of drug-likeness (QED) is 0.851. The molecule has 0 fully saturated rings. The van der Waals surface area contributed by atoms with Gasteiger partial charge in [-0.15, -0.1) is 6.42 Å². The maximum Gasteiger partial charge on any atom is 0.125 e. The van der Waals surface area contributed by atoms with E-state index in [1.54, 1.807) is 7.11 Å². The first-order valence-corrected chi connectivity index (χ1v) is 6.24. The van der Waals surface area contributed by atoms with Crippen LogP contribution in [0.2, 0.25) is 5.02 Å². The third kappa shape index (κ3) is 3.21. The molecule has 0 bridgehead atoms. The number of nitrogens with one attached hydrogen (secondary N) is 1. The Balaban J connectivity index is 2.17. The van der Waals surface area contributed by atoms with E-state index in [4.69, 9.17) is 22.8 Å². The van der Waals surface area contributed by atoms with Crippen molar-refractivity contribution in [3.8, 4) is 18.1 Å². The molecule has 0 atom stereocenters. The molecule has 0 radical (unpaired) electrons. The highest BCUT2D eigenvalue weighted by molar-refractivity contribution is 6.31. The second-order valence-electron chi connectivity index (χ2n) is 4.00. The van der Waals surface area contributed by atoms with Gasteiger partial charge in [0.2, 0.25) is 0 Å². The van der Waals surface area contributed by atoms with Crippen LogP contribution in [0.1, 0.15) is 11.1 Å². The minimum absolute atomic E-state index is 0.580. The third-order valence-corrected chi connectivity index (χ3v) is 3.15. The summed E-state index contributed by atoms with van der Waals surface area (Å²) in [6.07, 6.45) is 5.38. The van der Waals surface area contributed by atoms with Gasteiger partial charge in [-0.05, 0) is 30.3 Å². The van der Waals surface area contributed by atoms with Crippen LogP contribution in [0.3, 0.4) is 0 Å². The van der Waals surface area contributed by atoms with E-state index in [9.17, 15) is 0 Å². The minimum atomic E-state index is 0.580. The van der Waals surface area contributed by atoms with Gasteiger partial charge in [0, 0.05) is 28.4 Å². The topological polar surface area (TPSA) is 21.3 Å². The van der Waals surface area contributed by atoms with Crippen LogP contribution >= 0.6 is 11.6 Å². The molecule has 2 rings (SSSR count). The molecule has 3 heteroatoms. The van der Waals surface area contributed by atoms with Crippen LogP contribution in [0.4, 0.5) is 5.69 Å². The number of halogens is 1. The highest BCUT2D eigenvalue weighted by Crippen LogP contribution is 2.27. The second-order valence-corrected chi connectivity index (χ2v) is 4.41. The fraction of sp³-hybridized carbons (Fsp3) is 0.125. The van der Waals surface area contributed by atoms with Gasteiger partial charge in [-0.2, -0.15) is 0 Å². The lowest BCUT2D eigenvalue weighted by Crippen LogP contribution is -2.02. The van der Waals surface area contributed by atoms with Gasteiger partial charge in [0.1, 0.15) is 5.75 Å². The highest BCUT2D eigenvalue weighted by atomic mass is 35.5. The van der Waals surface area contributed by atoms with E-state index in [-0.39, 0.29) is 0 Å². The maximum absolute atomic E-state index is 6.18. The first-order chi connectivity index (χ1) is 9.24. The molecule has 1 N–H and O–H groups in total. The maximum atomic E-state index is 6.18. The van der Waals surface area contributed by atoms with Crippen molar-refractivity contribution in [1.82, 2.24) is 0 Å². The molecule has 2 aromatic rings. The number of hydrogen-bond donors (Lipinski definition) is 1. The Bertz CT molecular complexity index is 616. The van der Waals surface area contributed by atoms with E-state index in [1.165, 1.54) is 0 Å². The van der Waals surface area contributed by atoms with Crippen LogP contribution in [0, 0.1) is 12.3 Å². The largest absolute Gasteiger partial charge is 0.496 e. The summed E-state index contributed by atoms with van der Waals surface area (Å²) in [6.45, 7) is 0.580. The van der Waals surface area contributed by atoms with Crippen molar-refractivity contribution in [2.45, 2.75) is 6.54 Å². The summed E-state index contributed by atoms with van der Waals surface area (Å²) in [5, 5.41) is 3.97. The van der Waals surface area contributed by atoms with E-state index in [0.29, 0.717) is 11.6 Å². The number of methoxy groups -OCH3 is 1. The summed E-state index contributed by atoms with van der Waals surface area (Å²) in [4.78, 5) is 0. The van der Waals surface area contributed by atoms with Gasteiger partial charge < -0.3 is 10.1 Å². The number of terminal acetylenes is 1. The molecule has 0 heterocycles. The highest BCUT2D eigenvalue weighted by Gasteiger charge is 2.07. The van der Waals surface area contributed by atoms with E-state index in [2.05, 4.69) is 11.2 Å². The van der Waals surface area contributed by atoms with Crippen molar-refractivity contribution in [3.63, 3.8) is 0 Å². The van der Waals surface area contributed by atoms with Crippen LogP contribution in [0.25, 0.3) is 0 Å². The predicted molar refractivity (Wildman–Crippen MR) is 79.7 cm³/mol. The molecular weight excluding hydrogens is 258 g/mol. The van der Waals surface area contributed by atoms with Crippen LogP contribution in [-0.4, -0.2) is 7.11 Å². The first kappa shape index (κ1) is 13.3. The number of rotatable bonds is 4. The number of anilines is 1. The van der Waals surface area contributed by atoms with Gasteiger partial charge in [-0.3, -0.25) is 0 Å². The molecule has 0 aliphatic heterocycles. The summed E-state index contributed by atoms with van der Waals surface area (Å²) in [7, 11) is 1.63. The van der Waals surface area contributed by atoms with Crippen molar-refractivity contribution >= 4 is 17.3 Å². The Morgan fingerprint density at radius 2 is 2.05 bits per heavy atom. The Labute approximate surface area is 118 Å². The fourth-order valence-corrected chi connectivity index (χ4v) is 2.04. The van der Waals surface area contributed by atoms with E-state index in [0.717, 1.165) is 22.6 Å². The van der Waals surface area contributed by atoms with Crippen LogP contribution in [-0.2, 0) is 6.54 Å². The van der Waals surface area contributed by atoms with Crippen molar-refractivity contribution in [1.29, 1.82) is 0 Å². The molecule has 96 valence electrons. The predicted octanol–water partition coefficient (Wildman–Crippen LogP) is 3.94. The zero-order valence-corrected chi connectivity index (χ0v) is 11.4. The van der Waals surface area contributed by atoms with Crippen molar-refractivity contribution in [2.24, 2.45) is 0 Å². The number of hydrogen-bond acceptors (Lipinski definition) is 2. The monoisotopic (exact) mass is 271 g/mol. The summed E-state index contributed by atoms with van der Waals surface area (Å²) in [5.41, 5.74) is 2.73. The average Bonchev–Trinajstić information content (AvgIpc) is 2.46. The number of ether oxygens (including phenoxy) is 1. The van der Waals surface area contributed by atoms with Crippen LogP contribution < -0.4 is 10.1 Å². The smallest absolute Gasteiger partial charge is 0.125 e. The molecule has 0 spiro atoms. The third-order valence-electron chi connectivity index (χ3n) is 2.79. The molecule has 2 nitrogen and oxygen atoms in total. The van der Waals surface area contributed by atoms with E-state index < -0.39 is 0 Å². The standard InChI is InChI=1S/C16H14ClNO/c1-3-12-6-4-7-13(10-12)18-11-14-15(17)8-5-9-16(14)19-2/h1,4-10,18H,11H2,2H3. The lowest BCUT2D eigenvalue weighted by molar-refractivity contribution is 0.410. The summed E-state index contributed by atoms with van der Waals surface area (Å²) in [6, 6.07) is 13.3. The molecule has 19 heavy (non-hydrogen) atoms. The lowest BCUT2D eigenvalue weighted by Gasteiger charge is -2.12. The van der Waals surface area contributed by atoms with Crippen molar-refractivity contribution in [2.75, 3.05) is 12.4 Å². The summed E-state index contributed by atoms with van der Waals surface area (Å²) < 4.78 is 5.30. The van der Waals surface area contributed by atoms with Gasteiger partial charge in [0.05, 0.1) is 7.11 Å². The van der Waals surface area contributed by atoms with E-state index >= 15 is 0 Å². The van der Waals surface area contributed by atoms with Gasteiger partial charge in [-0.1, -0.05) is 29.7 Å². The van der Waals surface area contributed by atoms with Crippen LogP contribution in [0.5, 0.6) is 5.75 Å². The Hall–Kier alpha value is -2.11. The number of benzene rings is 2. The van der Waals surface area contributed by atoms with E-state index in [1.807, 2.05) is 42.5 Å². The summed E-state index contributed by atoms with van der Waals surface area (Å²) in [5.74, 6) is 3.38. The molecule has 2 aromatic carbocycles. The SMILES string of the molecule is C#Cc1cccc(NCc2c(Cl)cccc2OC)c1. The average molecular weight is 272 g/mol.